The lowest BCUT2D eigenvalue weighted by Gasteiger charge is -2.06. The minimum atomic E-state index is -0.626. The number of pyridine rings is 1. The number of ketones is 1. The van der Waals surface area contributed by atoms with E-state index in [0.29, 0.717) is 5.56 Å². The first-order valence-corrected chi connectivity index (χ1v) is 6.26. The zero-order valence-electron chi connectivity index (χ0n) is 10.1. The summed E-state index contributed by atoms with van der Waals surface area (Å²) < 4.78 is 5.42. The van der Waals surface area contributed by atoms with Gasteiger partial charge in [0, 0.05) is 16.2 Å². The molecule has 0 aliphatic carbocycles. The van der Waals surface area contributed by atoms with Crippen LogP contribution in [-0.4, -0.2) is 23.8 Å². The molecule has 19 heavy (non-hydrogen) atoms. The fourth-order valence-corrected chi connectivity index (χ4v) is 2.03. The highest BCUT2D eigenvalue weighted by Crippen LogP contribution is 2.17. The maximum absolute atomic E-state index is 12.4. The van der Waals surface area contributed by atoms with E-state index in [0.717, 1.165) is 4.47 Å². The Kier molecular flexibility index (Phi) is 4.06. The number of hydrogen-bond acceptors (Lipinski definition) is 4. The molecule has 0 aliphatic heterocycles. The number of ether oxygens (including phenoxy) is 1. The first-order chi connectivity index (χ1) is 9.13. The normalized spacial score (nSPS) is 10.0. The largest absolute Gasteiger partial charge is 0.464 e. The molecule has 1 aromatic heterocycles. The molecule has 0 atom stereocenters. The number of halogens is 1. The van der Waals surface area contributed by atoms with Crippen molar-refractivity contribution in [3.05, 3.63) is 63.9 Å². The van der Waals surface area contributed by atoms with Gasteiger partial charge in [-0.15, -0.1) is 0 Å². The van der Waals surface area contributed by atoms with Gasteiger partial charge in [0.15, 0.2) is 11.5 Å². The second-order valence-corrected chi connectivity index (χ2v) is 4.65. The van der Waals surface area contributed by atoms with E-state index in [2.05, 4.69) is 25.7 Å². The molecule has 1 heterocycles. The number of hydrogen-bond donors (Lipinski definition) is 0. The van der Waals surface area contributed by atoms with E-state index in [9.17, 15) is 9.59 Å². The monoisotopic (exact) mass is 319 g/mol. The van der Waals surface area contributed by atoms with Gasteiger partial charge in [-0.2, -0.15) is 0 Å². The molecule has 96 valence electrons. The second-order valence-electron chi connectivity index (χ2n) is 3.73. The lowest BCUT2D eigenvalue weighted by Crippen LogP contribution is -2.13. The molecule has 2 aromatic rings. The summed E-state index contributed by atoms with van der Waals surface area (Å²) in [6, 6.07) is 10.1. The van der Waals surface area contributed by atoms with Crippen molar-refractivity contribution in [2.45, 2.75) is 0 Å². The molecule has 0 unspecified atom stereocenters. The van der Waals surface area contributed by atoms with Crippen molar-refractivity contribution in [1.82, 2.24) is 4.98 Å². The summed E-state index contributed by atoms with van der Waals surface area (Å²) >= 11 is 3.30. The number of methoxy groups -OCH3 is 1. The smallest absolute Gasteiger partial charge is 0.357 e. The van der Waals surface area contributed by atoms with Gasteiger partial charge in [-0.3, -0.25) is 4.79 Å². The summed E-state index contributed by atoms with van der Waals surface area (Å²) in [5.41, 5.74) is 0.731. The highest BCUT2D eigenvalue weighted by Gasteiger charge is 2.19. The van der Waals surface area contributed by atoms with Crippen LogP contribution in [0.3, 0.4) is 0 Å². The molecular formula is C14H10BrNO3. The molecule has 0 saturated carbocycles. The summed E-state index contributed by atoms with van der Waals surface area (Å²) in [6.07, 6.45) is 1.45. The minimum Gasteiger partial charge on any atom is -0.464 e. The molecule has 0 aliphatic rings. The summed E-state index contributed by atoms with van der Waals surface area (Å²) in [5.74, 6) is -0.895. The number of carbonyl (C=O) groups excluding carboxylic acids is 2. The average molecular weight is 320 g/mol. The number of rotatable bonds is 3. The van der Waals surface area contributed by atoms with Crippen LogP contribution in [0.2, 0.25) is 0 Å². The summed E-state index contributed by atoms with van der Waals surface area (Å²) in [7, 11) is 1.25. The molecule has 0 spiro atoms. The van der Waals surface area contributed by atoms with Crippen molar-refractivity contribution in [1.29, 1.82) is 0 Å². The number of benzene rings is 1. The van der Waals surface area contributed by atoms with Gasteiger partial charge in [0.1, 0.15) is 0 Å². The van der Waals surface area contributed by atoms with Crippen LogP contribution < -0.4 is 0 Å². The number of carbonyl (C=O) groups is 2. The lowest BCUT2D eigenvalue weighted by atomic mass is 10.0. The Balaban J connectivity index is 2.47. The van der Waals surface area contributed by atoms with E-state index in [1.807, 2.05) is 6.07 Å². The lowest BCUT2D eigenvalue weighted by molar-refractivity contribution is 0.0590. The van der Waals surface area contributed by atoms with Crippen LogP contribution in [-0.2, 0) is 4.74 Å². The molecule has 0 bridgehead atoms. The fraction of sp³-hybridized carbons (Fsp3) is 0.0714. The molecule has 5 heteroatoms. The highest BCUT2D eigenvalue weighted by molar-refractivity contribution is 9.10. The van der Waals surface area contributed by atoms with Gasteiger partial charge in [-0.1, -0.05) is 28.1 Å². The first-order valence-electron chi connectivity index (χ1n) is 5.47. The molecule has 0 N–H and O–H groups in total. The topological polar surface area (TPSA) is 56.3 Å². The molecule has 0 radical (unpaired) electrons. The molecule has 4 nitrogen and oxygen atoms in total. The number of esters is 1. The fourth-order valence-electron chi connectivity index (χ4n) is 1.63. The SMILES string of the molecule is COC(=O)c1ncccc1C(=O)c1cccc(Br)c1. The standard InChI is InChI=1S/C14H10BrNO3/c1-19-14(18)12-11(6-3-7-16-12)13(17)9-4-2-5-10(15)8-9/h2-8H,1H3. The molecule has 0 saturated heterocycles. The Morgan fingerprint density at radius 1 is 1.21 bits per heavy atom. The van der Waals surface area contributed by atoms with Crippen molar-refractivity contribution >= 4 is 27.7 Å². The van der Waals surface area contributed by atoms with Crippen LogP contribution in [0.1, 0.15) is 26.4 Å². The van der Waals surface area contributed by atoms with Crippen molar-refractivity contribution in [2.24, 2.45) is 0 Å². The van der Waals surface area contributed by atoms with E-state index in [4.69, 9.17) is 0 Å². The van der Waals surface area contributed by atoms with E-state index in [1.165, 1.54) is 13.3 Å². The highest BCUT2D eigenvalue weighted by atomic mass is 79.9. The summed E-state index contributed by atoms with van der Waals surface area (Å²) in [5, 5.41) is 0. The van der Waals surface area contributed by atoms with Gasteiger partial charge >= 0.3 is 5.97 Å². The Morgan fingerprint density at radius 3 is 2.68 bits per heavy atom. The van der Waals surface area contributed by atoms with E-state index >= 15 is 0 Å². The van der Waals surface area contributed by atoms with Gasteiger partial charge in [0.2, 0.25) is 0 Å². The molecule has 0 fully saturated rings. The van der Waals surface area contributed by atoms with Crippen LogP contribution in [0.25, 0.3) is 0 Å². The Labute approximate surface area is 118 Å². The second kappa shape index (κ2) is 5.75. The van der Waals surface area contributed by atoms with Gasteiger partial charge in [-0.05, 0) is 24.3 Å². The van der Waals surface area contributed by atoms with Crippen molar-refractivity contribution in [3.8, 4) is 0 Å². The van der Waals surface area contributed by atoms with E-state index in [1.54, 1.807) is 30.3 Å². The van der Waals surface area contributed by atoms with Crippen LogP contribution in [0.4, 0.5) is 0 Å². The van der Waals surface area contributed by atoms with Crippen LogP contribution in [0, 0.1) is 0 Å². The Morgan fingerprint density at radius 2 is 2.00 bits per heavy atom. The minimum absolute atomic E-state index is 0.0231. The van der Waals surface area contributed by atoms with E-state index < -0.39 is 5.97 Å². The summed E-state index contributed by atoms with van der Waals surface area (Å²) in [6.45, 7) is 0. The van der Waals surface area contributed by atoms with Crippen molar-refractivity contribution in [2.75, 3.05) is 7.11 Å². The predicted octanol–water partition coefficient (Wildman–Crippen LogP) is 2.86. The third-order valence-corrected chi connectivity index (χ3v) is 3.01. The van der Waals surface area contributed by atoms with Crippen LogP contribution in [0.5, 0.6) is 0 Å². The van der Waals surface area contributed by atoms with Gasteiger partial charge < -0.3 is 4.74 Å². The zero-order valence-corrected chi connectivity index (χ0v) is 11.7. The predicted molar refractivity (Wildman–Crippen MR) is 73.2 cm³/mol. The third kappa shape index (κ3) is 2.88. The molecular weight excluding hydrogens is 310 g/mol. The quantitative estimate of drug-likeness (QED) is 0.644. The maximum Gasteiger partial charge on any atom is 0.357 e. The first kappa shape index (κ1) is 13.4. The number of nitrogens with zero attached hydrogens (tertiary/aromatic N) is 1. The number of aromatic nitrogens is 1. The van der Waals surface area contributed by atoms with Gasteiger partial charge in [0.05, 0.1) is 12.7 Å². The molecule has 2 rings (SSSR count). The molecule has 1 aromatic carbocycles. The molecule has 0 amide bonds. The Hall–Kier alpha value is -2.01. The maximum atomic E-state index is 12.4. The van der Waals surface area contributed by atoms with Crippen molar-refractivity contribution < 1.29 is 14.3 Å². The third-order valence-electron chi connectivity index (χ3n) is 2.52. The van der Waals surface area contributed by atoms with Gasteiger partial charge in [0.25, 0.3) is 0 Å². The summed E-state index contributed by atoms with van der Waals surface area (Å²) in [4.78, 5) is 27.9. The van der Waals surface area contributed by atoms with E-state index in [-0.39, 0.29) is 17.0 Å². The van der Waals surface area contributed by atoms with Crippen molar-refractivity contribution in [3.63, 3.8) is 0 Å². The van der Waals surface area contributed by atoms with Crippen LogP contribution >= 0.6 is 15.9 Å². The van der Waals surface area contributed by atoms with Crippen LogP contribution in [0.15, 0.2) is 47.1 Å². The Bertz CT molecular complexity index is 640. The van der Waals surface area contributed by atoms with Gasteiger partial charge in [-0.25, -0.2) is 9.78 Å². The average Bonchev–Trinajstić information content (AvgIpc) is 2.45. The zero-order chi connectivity index (χ0) is 13.8.